The quantitative estimate of drug-likeness (QED) is 0.471. The summed E-state index contributed by atoms with van der Waals surface area (Å²) in [5.74, 6) is 1.72. The van der Waals surface area contributed by atoms with E-state index < -0.39 is 0 Å². The zero-order chi connectivity index (χ0) is 22.7. The number of rotatable bonds is 6. The van der Waals surface area contributed by atoms with E-state index in [2.05, 4.69) is 0 Å². The van der Waals surface area contributed by atoms with Crippen LogP contribution in [0.25, 0.3) is 0 Å². The number of carbonyl (C=O) groups is 1. The summed E-state index contributed by atoms with van der Waals surface area (Å²) in [5, 5.41) is 1.20. The Morgan fingerprint density at radius 1 is 0.969 bits per heavy atom. The zero-order valence-electron chi connectivity index (χ0n) is 17.8. The van der Waals surface area contributed by atoms with Crippen molar-refractivity contribution in [2.24, 2.45) is 0 Å². The Morgan fingerprint density at radius 2 is 1.66 bits per heavy atom. The Hall–Kier alpha value is -2.89. The van der Waals surface area contributed by atoms with Crippen LogP contribution in [0.1, 0.15) is 22.7 Å². The van der Waals surface area contributed by atoms with Crippen LogP contribution in [0.4, 0.5) is 0 Å². The molecule has 3 aromatic rings. The Labute approximate surface area is 197 Å². The lowest BCUT2D eigenvalue weighted by atomic mass is 9.87. The molecule has 3 aromatic carbocycles. The maximum atomic E-state index is 13.3. The second-order valence-corrected chi connectivity index (χ2v) is 8.25. The summed E-state index contributed by atoms with van der Waals surface area (Å²) in [4.78, 5) is 15.1. The molecule has 0 spiro atoms. The summed E-state index contributed by atoms with van der Waals surface area (Å²) in [6, 6.07) is 18.0. The lowest BCUT2D eigenvalue weighted by Gasteiger charge is -2.38. The largest absolute Gasteiger partial charge is 0.493 e. The fourth-order valence-corrected chi connectivity index (χ4v) is 4.37. The van der Waals surface area contributed by atoms with E-state index in [1.807, 2.05) is 41.3 Å². The van der Waals surface area contributed by atoms with E-state index in [0.29, 0.717) is 40.3 Å². The Morgan fingerprint density at radius 3 is 2.34 bits per heavy atom. The average molecular weight is 472 g/mol. The summed E-state index contributed by atoms with van der Waals surface area (Å²) >= 11 is 12.5. The second kappa shape index (κ2) is 9.72. The number of hydrogen-bond acceptors (Lipinski definition) is 4. The number of ether oxygens (including phenoxy) is 3. The van der Waals surface area contributed by atoms with Crippen molar-refractivity contribution in [3.63, 3.8) is 0 Å². The number of halogens is 2. The molecule has 7 heteroatoms. The van der Waals surface area contributed by atoms with Crippen LogP contribution >= 0.6 is 23.2 Å². The highest BCUT2D eigenvalue weighted by Gasteiger charge is 2.34. The van der Waals surface area contributed by atoms with Crippen molar-refractivity contribution in [1.82, 2.24) is 4.90 Å². The molecule has 32 heavy (non-hydrogen) atoms. The molecular formula is C25H23Cl2NO4. The molecule has 0 aliphatic carbocycles. The minimum atomic E-state index is -0.367. The van der Waals surface area contributed by atoms with Gasteiger partial charge in [0.25, 0.3) is 5.91 Å². The molecule has 1 amide bonds. The number of carbonyl (C=O) groups excluding carboxylic acids is 1. The van der Waals surface area contributed by atoms with Crippen molar-refractivity contribution in [2.45, 2.75) is 12.5 Å². The van der Waals surface area contributed by atoms with Crippen molar-refractivity contribution < 1.29 is 19.0 Å². The minimum Gasteiger partial charge on any atom is -0.493 e. The molecule has 0 saturated heterocycles. The smallest absolute Gasteiger partial charge is 0.261 e. The van der Waals surface area contributed by atoms with Crippen LogP contribution < -0.4 is 14.2 Å². The van der Waals surface area contributed by atoms with Gasteiger partial charge in [-0.05, 0) is 65.6 Å². The number of nitrogens with zero attached hydrogens (tertiary/aromatic N) is 1. The van der Waals surface area contributed by atoms with Crippen LogP contribution in [0.15, 0.2) is 60.7 Å². The first-order chi connectivity index (χ1) is 15.5. The zero-order valence-corrected chi connectivity index (χ0v) is 19.3. The van der Waals surface area contributed by atoms with E-state index >= 15 is 0 Å². The number of methoxy groups -OCH3 is 2. The van der Waals surface area contributed by atoms with Gasteiger partial charge in [0.1, 0.15) is 5.75 Å². The van der Waals surface area contributed by atoms with Gasteiger partial charge in [-0.3, -0.25) is 4.79 Å². The average Bonchev–Trinajstić information content (AvgIpc) is 2.82. The summed E-state index contributed by atoms with van der Waals surface area (Å²) in [5.41, 5.74) is 2.90. The van der Waals surface area contributed by atoms with E-state index in [-0.39, 0.29) is 18.6 Å². The summed E-state index contributed by atoms with van der Waals surface area (Å²) < 4.78 is 16.7. The third-order valence-corrected chi connectivity index (χ3v) is 6.17. The number of hydrogen-bond donors (Lipinski definition) is 0. The maximum absolute atomic E-state index is 13.3. The Kier molecular flexibility index (Phi) is 6.77. The molecule has 1 unspecified atom stereocenters. The fourth-order valence-electron chi connectivity index (χ4n) is 4.01. The van der Waals surface area contributed by atoms with Crippen molar-refractivity contribution >= 4 is 29.1 Å². The first-order valence-corrected chi connectivity index (χ1v) is 10.9. The van der Waals surface area contributed by atoms with Crippen molar-refractivity contribution in [1.29, 1.82) is 0 Å². The van der Waals surface area contributed by atoms with Gasteiger partial charge < -0.3 is 19.1 Å². The van der Waals surface area contributed by atoms with Crippen molar-refractivity contribution in [3.8, 4) is 17.2 Å². The van der Waals surface area contributed by atoms with E-state index in [1.54, 1.807) is 38.5 Å². The molecule has 1 atom stereocenters. The molecule has 1 heterocycles. The topological polar surface area (TPSA) is 48.0 Å². The van der Waals surface area contributed by atoms with Gasteiger partial charge in [0.15, 0.2) is 18.1 Å². The molecule has 0 bridgehead atoms. The van der Waals surface area contributed by atoms with Crippen molar-refractivity contribution in [2.75, 3.05) is 27.4 Å². The van der Waals surface area contributed by atoms with Gasteiger partial charge in [-0.25, -0.2) is 0 Å². The third-order valence-electron chi connectivity index (χ3n) is 5.57. The van der Waals surface area contributed by atoms with Crippen LogP contribution in [-0.2, 0) is 11.2 Å². The highest BCUT2D eigenvalue weighted by atomic mass is 35.5. The lowest BCUT2D eigenvalue weighted by Crippen LogP contribution is -2.43. The second-order valence-electron chi connectivity index (χ2n) is 7.41. The van der Waals surface area contributed by atoms with Gasteiger partial charge in [-0.2, -0.15) is 0 Å². The van der Waals surface area contributed by atoms with Gasteiger partial charge in [-0.15, -0.1) is 0 Å². The predicted octanol–water partition coefficient (Wildman–Crippen LogP) is 5.56. The normalized spacial score (nSPS) is 15.1. The molecule has 0 N–H and O–H groups in total. The molecule has 0 fully saturated rings. The Balaban J connectivity index is 1.69. The van der Waals surface area contributed by atoms with Crippen LogP contribution in [-0.4, -0.2) is 38.2 Å². The predicted molar refractivity (Wildman–Crippen MR) is 125 cm³/mol. The van der Waals surface area contributed by atoms with Gasteiger partial charge in [0, 0.05) is 16.6 Å². The first-order valence-electron chi connectivity index (χ1n) is 10.2. The monoisotopic (exact) mass is 471 g/mol. The SMILES string of the molecule is COc1cc2c(cc1OC)C(c1ccccc1Cl)N(C(=O)COc1ccc(Cl)cc1)CC2. The van der Waals surface area contributed by atoms with Gasteiger partial charge in [0.05, 0.1) is 20.3 Å². The molecule has 5 nitrogen and oxygen atoms in total. The van der Waals surface area contributed by atoms with Crippen LogP contribution in [0.5, 0.6) is 17.2 Å². The molecule has 0 radical (unpaired) electrons. The molecule has 166 valence electrons. The Bertz CT molecular complexity index is 1120. The molecular weight excluding hydrogens is 449 g/mol. The van der Waals surface area contributed by atoms with E-state index in [9.17, 15) is 4.79 Å². The molecule has 0 saturated carbocycles. The molecule has 4 rings (SSSR count). The number of benzene rings is 3. The molecule has 0 aromatic heterocycles. The van der Waals surface area contributed by atoms with Gasteiger partial charge in [0.2, 0.25) is 0 Å². The number of amides is 1. The molecule has 1 aliphatic rings. The van der Waals surface area contributed by atoms with Crippen molar-refractivity contribution in [3.05, 3.63) is 87.4 Å². The standard InChI is InChI=1S/C25H23Cl2NO4/c1-30-22-13-16-11-12-28(24(29)15-32-18-9-7-17(26)8-10-18)25(20(16)14-23(22)31-2)19-5-3-4-6-21(19)27/h3-10,13-14,25H,11-12,15H2,1-2H3. The van der Waals surface area contributed by atoms with Crippen LogP contribution in [0.2, 0.25) is 10.0 Å². The number of fused-ring (bicyclic) bond motifs is 1. The summed E-state index contributed by atoms with van der Waals surface area (Å²) in [6.45, 7) is 0.437. The van der Waals surface area contributed by atoms with E-state index in [1.165, 1.54) is 0 Å². The minimum absolute atomic E-state index is 0.0921. The van der Waals surface area contributed by atoms with Gasteiger partial charge in [-0.1, -0.05) is 41.4 Å². The fraction of sp³-hybridized carbons (Fsp3) is 0.240. The van der Waals surface area contributed by atoms with Crippen LogP contribution in [0, 0.1) is 0 Å². The summed E-state index contributed by atoms with van der Waals surface area (Å²) in [7, 11) is 3.21. The van der Waals surface area contributed by atoms with E-state index in [0.717, 1.165) is 16.7 Å². The lowest BCUT2D eigenvalue weighted by molar-refractivity contribution is -0.135. The maximum Gasteiger partial charge on any atom is 0.261 e. The highest BCUT2D eigenvalue weighted by Crippen LogP contribution is 2.42. The van der Waals surface area contributed by atoms with E-state index in [4.69, 9.17) is 37.4 Å². The first kappa shape index (κ1) is 22.3. The van der Waals surface area contributed by atoms with Gasteiger partial charge >= 0.3 is 0 Å². The summed E-state index contributed by atoms with van der Waals surface area (Å²) in [6.07, 6.45) is 0.684. The van der Waals surface area contributed by atoms with Crippen LogP contribution in [0.3, 0.4) is 0 Å². The highest BCUT2D eigenvalue weighted by molar-refractivity contribution is 6.31. The third kappa shape index (κ3) is 4.50. The molecule has 1 aliphatic heterocycles.